The van der Waals surface area contributed by atoms with Crippen LogP contribution >= 0.6 is 0 Å². The Hall–Kier alpha value is -6.32. The molecule has 7 aromatic rings. The zero-order valence-corrected chi connectivity index (χ0v) is 29.1. The Morgan fingerprint density at radius 3 is 1.80 bits per heavy atom. The number of benzene rings is 6. The van der Waals surface area contributed by atoms with Crippen LogP contribution in [0.2, 0.25) is 0 Å². The maximum absolute atomic E-state index is 5.97. The van der Waals surface area contributed by atoms with E-state index in [2.05, 4.69) is 164 Å². The summed E-state index contributed by atoms with van der Waals surface area (Å²) >= 11 is 0. The molecule has 1 aliphatic rings. The van der Waals surface area contributed by atoms with Gasteiger partial charge in [0.15, 0.2) is 0 Å². The normalized spacial score (nSPS) is 12.5. The van der Waals surface area contributed by atoms with Gasteiger partial charge in [-0.05, 0) is 100 Å². The lowest BCUT2D eigenvalue weighted by molar-refractivity contribution is 0.415. The van der Waals surface area contributed by atoms with E-state index in [1.165, 1.54) is 22.3 Å². The summed E-state index contributed by atoms with van der Waals surface area (Å²) in [6.45, 7) is 2.16. The van der Waals surface area contributed by atoms with Crippen molar-refractivity contribution in [1.82, 2.24) is 0 Å². The van der Waals surface area contributed by atoms with Crippen molar-refractivity contribution in [3.05, 3.63) is 197 Å². The van der Waals surface area contributed by atoms with Crippen LogP contribution in [0.3, 0.4) is 0 Å². The summed E-state index contributed by atoms with van der Waals surface area (Å²) in [5.74, 6) is 0.840. The summed E-state index contributed by atoms with van der Waals surface area (Å²) in [4.78, 5) is 2.30. The number of rotatable bonds is 8. The molecule has 248 valence electrons. The molecule has 3 nitrogen and oxygen atoms in total. The van der Waals surface area contributed by atoms with E-state index in [0.29, 0.717) is 0 Å². The van der Waals surface area contributed by atoms with Crippen molar-refractivity contribution in [2.45, 2.75) is 13.3 Å². The number of anilines is 2. The van der Waals surface area contributed by atoms with Crippen LogP contribution in [0.15, 0.2) is 163 Å². The minimum atomic E-state index is 0.840. The van der Waals surface area contributed by atoms with Crippen molar-refractivity contribution < 1.29 is 9.15 Å². The molecule has 3 heteroatoms. The minimum absolute atomic E-state index is 0.840. The van der Waals surface area contributed by atoms with E-state index in [1.807, 2.05) is 24.7 Å². The second-order valence-corrected chi connectivity index (χ2v) is 13.2. The molecule has 0 spiro atoms. The van der Waals surface area contributed by atoms with Crippen molar-refractivity contribution in [1.29, 1.82) is 0 Å². The number of fused-ring (bicyclic) bond motifs is 5. The summed E-state index contributed by atoms with van der Waals surface area (Å²) in [6, 6.07) is 51.8. The van der Waals surface area contributed by atoms with Crippen molar-refractivity contribution in [2.24, 2.45) is 0 Å². The number of hydrogen-bond donors (Lipinski definition) is 0. The molecule has 6 aromatic carbocycles. The molecule has 0 saturated heterocycles. The molecule has 0 unspecified atom stereocenters. The third-order valence-electron chi connectivity index (χ3n) is 9.77. The van der Waals surface area contributed by atoms with Crippen molar-refractivity contribution in [3.8, 4) is 28.0 Å². The van der Waals surface area contributed by atoms with Gasteiger partial charge in [-0.1, -0.05) is 121 Å². The van der Waals surface area contributed by atoms with Crippen LogP contribution in [-0.2, 0) is 6.42 Å². The molecule has 1 aromatic heterocycles. The van der Waals surface area contributed by atoms with E-state index in [9.17, 15) is 0 Å². The van der Waals surface area contributed by atoms with Crippen LogP contribution < -0.4 is 9.64 Å². The molecular formula is C48H39NO2. The summed E-state index contributed by atoms with van der Waals surface area (Å²) < 4.78 is 11.4. The second-order valence-electron chi connectivity index (χ2n) is 13.2. The minimum Gasteiger partial charge on any atom is -0.497 e. The molecule has 0 aliphatic carbocycles. The maximum atomic E-state index is 5.97. The standard InChI is InChI=1S/C48H39NO2/c1-33-11-10-16-39(25-33)40(26-34-12-6-4-7-13-34)27-35-17-23-47-43(29-35)45-31-51-32-46(45)44-30-36(18-24-48(44)49(47)2)28-42(37-14-8-5-9-15-37)38-19-21-41(50-3)22-20-38/h4-25,27-32H,26H2,1-3H3/b40-27+,42-28-. The summed E-state index contributed by atoms with van der Waals surface area (Å²) in [7, 11) is 3.86. The average molecular weight is 662 g/mol. The highest BCUT2D eigenvalue weighted by atomic mass is 16.5. The SMILES string of the molecule is COc1ccc(/C(=C\c2ccc3c(c2)-c2cocc2-c2cc(/C=C(\Cc4ccccc4)c4cccc(C)c4)ccc2N3C)c2ccccc2)cc1. The topological polar surface area (TPSA) is 25.6 Å². The third-order valence-corrected chi connectivity index (χ3v) is 9.77. The number of allylic oxidation sites excluding steroid dienone is 1. The zero-order valence-electron chi connectivity index (χ0n) is 29.1. The number of furan rings is 1. The first-order valence-corrected chi connectivity index (χ1v) is 17.4. The molecule has 0 atom stereocenters. The van der Waals surface area contributed by atoms with Gasteiger partial charge in [0.2, 0.25) is 0 Å². The fourth-order valence-corrected chi connectivity index (χ4v) is 7.13. The van der Waals surface area contributed by atoms with Gasteiger partial charge in [-0.2, -0.15) is 0 Å². The second kappa shape index (κ2) is 13.9. The Labute approximate surface area is 300 Å². The molecular weight excluding hydrogens is 623 g/mol. The summed E-state index contributed by atoms with van der Waals surface area (Å²) in [6.07, 6.45) is 9.25. The molecule has 51 heavy (non-hydrogen) atoms. The summed E-state index contributed by atoms with van der Waals surface area (Å²) in [5.41, 5.74) is 17.5. The average Bonchev–Trinajstić information content (AvgIpc) is 3.64. The monoisotopic (exact) mass is 661 g/mol. The molecule has 0 bridgehead atoms. The van der Waals surface area contributed by atoms with Gasteiger partial charge in [0, 0.05) is 40.7 Å². The lowest BCUT2D eigenvalue weighted by Crippen LogP contribution is -2.10. The van der Waals surface area contributed by atoms with Crippen LogP contribution in [0.5, 0.6) is 5.75 Å². The highest BCUT2D eigenvalue weighted by Crippen LogP contribution is 2.48. The van der Waals surface area contributed by atoms with E-state index < -0.39 is 0 Å². The van der Waals surface area contributed by atoms with Gasteiger partial charge in [-0.15, -0.1) is 0 Å². The lowest BCUT2D eigenvalue weighted by atomic mass is 9.92. The first-order chi connectivity index (χ1) is 25.0. The van der Waals surface area contributed by atoms with Crippen LogP contribution in [-0.4, -0.2) is 14.2 Å². The van der Waals surface area contributed by atoms with Crippen molar-refractivity contribution in [2.75, 3.05) is 19.1 Å². The van der Waals surface area contributed by atoms with Gasteiger partial charge < -0.3 is 14.1 Å². The largest absolute Gasteiger partial charge is 0.497 e. The first kappa shape index (κ1) is 31.9. The number of hydrogen-bond acceptors (Lipinski definition) is 3. The lowest BCUT2D eigenvalue weighted by Gasteiger charge is -2.23. The van der Waals surface area contributed by atoms with E-state index in [4.69, 9.17) is 9.15 Å². The fourth-order valence-electron chi connectivity index (χ4n) is 7.13. The zero-order chi connectivity index (χ0) is 34.7. The third kappa shape index (κ3) is 6.54. The van der Waals surface area contributed by atoms with Crippen LogP contribution in [0, 0.1) is 6.92 Å². The first-order valence-electron chi connectivity index (χ1n) is 17.4. The Bertz CT molecular complexity index is 2380. The van der Waals surface area contributed by atoms with E-state index in [0.717, 1.165) is 73.6 Å². The molecule has 0 saturated carbocycles. The number of ether oxygens (including phenoxy) is 1. The van der Waals surface area contributed by atoms with Crippen LogP contribution in [0.4, 0.5) is 11.4 Å². The molecule has 0 fully saturated rings. The molecule has 1 aliphatic heterocycles. The Balaban J connectivity index is 1.22. The highest BCUT2D eigenvalue weighted by Gasteiger charge is 2.25. The number of nitrogens with zero attached hydrogens (tertiary/aromatic N) is 1. The van der Waals surface area contributed by atoms with Gasteiger partial charge in [0.1, 0.15) is 5.75 Å². The smallest absolute Gasteiger partial charge is 0.118 e. The Morgan fingerprint density at radius 2 is 1.18 bits per heavy atom. The maximum Gasteiger partial charge on any atom is 0.118 e. The fraction of sp³-hybridized carbons (Fsp3) is 0.0833. The van der Waals surface area contributed by atoms with Crippen LogP contribution in [0.1, 0.15) is 38.9 Å². The van der Waals surface area contributed by atoms with E-state index >= 15 is 0 Å². The Kier molecular flexibility index (Phi) is 8.69. The predicted octanol–water partition coefficient (Wildman–Crippen LogP) is 12.4. The van der Waals surface area contributed by atoms with E-state index in [-0.39, 0.29) is 0 Å². The van der Waals surface area contributed by atoms with Crippen molar-refractivity contribution >= 4 is 34.7 Å². The molecule has 0 radical (unpaired) electrons. The molecule has 0 amide bonds. The Morgan fingerprint density at radius 1 is 0.588 bits per heavy atom. The van der Waals surface area contributed by atoms with Gasteiger partial charge in [-0.25, -0.2) is 0 Å². The van der Waals surface area contributed by atoms with Gasteiger partial charge in [-0.3, -0.25) is 0 Å². The predicted molar refractivity (Wildman–Crippen MR) is 213 cm³/mol. The van der Waals surface area contributed by atoms with Gasteiger partial charge >= 0.3 is 0 Å². The summed E-state index contributed by atoms with van der Waals surface area (Å²) in [5, 5.41) is 0. The van der Waals surface area contributed by atoms with Gasteiger partial charge in [0.05, 0.1) is 19.6 Å². The van der Waals surface area contributed by atoms with Gasteiger partial charge in [0.25, 0.3) is 0 Å². The van der Waals surface area contributed by atoms with Crippen molar-refractivity contribution in [3.63, 3.8) is 0 Å². The number of methoxy groups -OCH3 is 1. The number of aryl methyl sites for hydroxylation is 1. The highest BCUT2D eigenvalue weighted by molar-refractivity contribution is 6.01. The molecule has 8 rings (SSSR count). The van der Waals surface area contributed by atoms with E-state index in [1.54, 1.807) is 7.11 Å². The van der Waals surface area contributed by atoms with Crippen LogP contribution in [0.25, 0.3) is 45.6 Å². The molecule has 2 heterocycles. The quantitative estimate of drug-likeness (QED) is 0.152. The molecule has 0 N–H and O–H groups in total.